The molecule has 20 heavy (non-hydrogen) atoms. The molecular formula is C16H24N2O2. The molecule has 0 bridgehead atoms. The van der Waals surface area contributed by atoms with Crippen LogP contribution >= 0.6 is 0 Å². The van der Waals surface area contributed by atoms with Crippen LogP contribution in [0.3, 0.4) is 0 Å². The minimum atomic E-state index is -0.772. The van der Waals surface area contributed by atoms with Gasteiger partial charge in [0.05, 0.1) is 6.42 Å². The molecule has 0 unspecified atom stereocenters. The van der Waals surface area contributed by atoms with E-state index in [-0.39, 0.29) is 6.42 Å². The topological polar surface area (TPSA) is 52.6 Å². The number of carboxylic acids is 1. The number of hydrogen-bond donors (Lipinski definition) is 2. The second-order valence-corrected chi connectivity index (χ2v) is 5.42. The first-order chi connectivity index (χ1) is 9.75. The predicted octanol–water partition coefficient (Wildman–Crippen LogP) is 1.89. The van der Waals surface area contributed by atoms with E-state index < -0.39 is 5.97 Å². The molecule has 1 aromatic rings. The first-order valence-electron chi connectivity index (χ1n) is 7.47. The summed E-state index contributed by atoms with van der Waals surface area (Å²) >= 11 is 0. The van der Waals surface area contributed by atoms with Gasteiger partial charge in [0.15, 0.2) is 0 Å². The van der Waals surface area contributed by atoms with Crippen LogP contribution in [0.4, 0.5) is 0 Å². The molecule has 4 nitrogen and oxygen atoms in total. The number of piperidine rings is 1. The first kappa shape index (κ1) is 15.0. The van der Waals surface area contributed by atoms with E-state index in [1.165, 1.54) is 32.4 Å². The van der Waals surface area contributed by atoms with E-state index in [0.29, 0.717) is 0 Å². The van der Waals surface area contributed by atoms with Crippen molar-refractivity contribution in [2.24, 2.45) is 0 Å². The normalized spacial score (nSPS) is 16.2. The molecule has 1 aromatic carbocycles. The van der Waals surface area contributed by atoms with Gasteiger partial charge in [-0.05, 0) is 37.1 Å². The molecule has 1 aliphatic heterocycles. The molecule has 4 heteroatoms. The van der Waals surface area contributed by atoms with Crippen molar-refractivity contribution < 1.29 is 9.90 Å². The summed E-state index contributed by atoms with van der Waals surface area (Å²) in [5.74, 6) is -0.772. The molecule has 2 rings (SSSR count). The third-order valence-corrected chi connectivity index (χ3v) is 3.83. The molecule has 1 saturated heterocycles. The van der Waals surface area contributed by atoms with Gasteiger partial charge in [0.1, 0.15) is 0 Å². The molecule has 0 atom stereocenters. The number of rotatable bonds is 7. The second-order valence-electron chi connectivity index (χ2n) is 5.42. The Morgan fingerprint density at radius 3 is 2.55 bits per heavy atom. The zero-order valence-electron chi connectivity index (χ0n) is 12.0. The summed E-state index contributed by atoms with van der Waals surface area (Å²) in [6.07, 6.45) is 4.11. The molecule has 0 aromatic heterocycles. The SMILES string of the molecule is O=C(O)Cc1ccccc1CNCCN1CCCCC1. The summed E-state index contributed by atoms with van der Waals surface area (Å²) in [5, 5.41) is 12.3. The lowest BCUT2D eigenvalue weighted by Crippen LogP contribution is -2.35. The minimum Gasteiger partial charge on any atom is -0.481 e. The van der Waals surface area contributed by atoms with E-state index in [0.717, 1.165) is 30.8 Å². The maximum absolute atomic E-state index is 10.8. The van der Waals surface area contributed by atoms with Crippen molar-refractivity contribution in [2.75, 3.05) is 26.2 Å². The van der Waals surface area contributed by atoms with Crippen LogP contribution in [0.1, 0.15) is 30.4 Å². The summed E-state index contributed by atoms with van der Waals surface area (Å²) in [6, 6.07) is 7.77. The van der Waals surface area contributed by atoms with Crippen LogP contribution in [-0.2, 0) is 17.8 Å². The quantitative estimate of drug-likeness (QED) is 0.747. The average Bonchev–Trinajstić information content (AvgIpc) is 2.46. The summed E-state index contributed by atoms with van der Waals surface area (Å²) < 4.78 is 0. The van der Waals surface area contributed by atoms with Gasteiger partial charge < -0.3 is 15.3 Å². The van der Waals surface area contributed by atoms with Gasteiger partial charge in [-0.1, -0.05) is 30.7 Å². The van der Waals surface area contributed by atoms with Gasteiger partial charge >= 0.3 is 5.97 Å². The zero-order chi connectivity index (χ0) is 14.2. The van der Waals surface area contributed by atoms with Gasteiger partial charge in [-0.25, -0.2) is 0 Å². The van der Waals surface area contributed by atoms with Crippen molar-refractivity contribution in [3.05, 3.63) is 35.4 Å². The lowest BCUT2D eigenvalue weighted by atomic mass is 10.0. The largest absolute Gasteiger partial charge is 0.481 e. The Morgan fingerprint density at radius 1 is 1.15 bits per heavy atom. The van der Waals surface area contributed by atoms with E-state index in [1.54, 1.807) is 0 Å². The molecule has 0 radical (unpaired) electrons. The Kier molecular flexibility index (Phi) is 6.02. The molecular weight excluding hydrogens is 252 g/mol. The van der Waals surface area contributed by atoms with E-state index in [1.807, 2.05) is 24.3 Å². The Hall–Kier alpha value is -1.39. The van der Waals surface area contributed by atoms with E-state index in [9.17, 15) is 4.79 Å². The molecule has 0 saturated carbocycles. The first-order valence-corrected chi connectivity index (χ1v) is 7.47. The molecule has 0 aliphatic carbocycles. The van der Waals surface area contributed by atoms with Gasteiger partial charge in [0.2, 0.25) is 0 Å². The van der Waals surface area contributed by atoms with Crippen molar-refractivity contribution in [3.63, 3.8) is 0 Å². The highest BCUT2D eigenvalue weighted by molar-refractivity contribution is 5.70. The Labute approximate surface area is 120 Å². The Morgan fingerprint density at radius 2 is 1.85 bits per heavy atom. The van der Waals surface area contributed by atoms with Gasteiger partial charge in [-0.3, -0.25) is 4.79 Å². The molecule has 1 heterocycles. The van der Waals surface area contributed by atoms with Gasteiger partial charge in [0, 0.05) is 19.6 Å². The lowest BCUT2D eigenvalue weighted by molar-refractivity contribution is -0.136. The van der Waals surface area contributed by atoms with Crippen molar-refractivity contribution in [1.29, 1.82) is 0 Å². The Balaban J connectivity index is 1.74. The van der Waals surface area contributed by atoms with E-state index >= 15 is 0 Å². The molecule has 0 spiro atoms. The number of carbonyl (C=O) groups is 1. The smallest absolute Gasteiger partial charge is 0.307 e. The fourth-order valence-corrected chi connectivity index (χ4v) is 2.71. The maximum Gasteiger partial charge on any atom is 0.307 e. The number of nitrogens with zero attached hydrogens (tertiary/aromatic N) is 1. The Bertz CT molecular complexity index is 428. The van der Waals surface area contributed by atoms with Gasteiger partial charge in [-0.2, -0.15) is 0 Å². The lowest BCUT2D eigenvalue weighted by Gasteiger charge is -2.26. The van der Waals surface area contributed by atoms with E-state index in [2.05, 4.69) is 10.2 Å². The van der Waals surface area contributed by atoms with E-state index in [4.69, 9.17) is 5.11 Å². The van der Waals surface area contributed by atoms with Crippen LogP contribution in [0, 0.1) is 0 Å². The van der Waals surface area contributed by atoms with Crippen LogP contribution < -0.4 is 5.32 Å². The molecule has 110 valence electrons. The standard InChI is InChI=1S/C16H24N2O2/c19-16(20)12-14-6-2-3-7-15(14)13-17-8-11-18-9-4-1-5-10-18/h2-3,6-7,17H,1,4-5,8-13H2,(H,19,20). The van der Waals surface area contributed by atoms with Crippen LogP contribution in [0.25, 0.3) is 0 Å². The predicted molar refractivity (Wildman–Crippen MR) is 79.8 cm³/mol. The molecule has 1 aliphatic rings. The van der Waals surface area contributed by atoms with Crippen LogP contribution in [0.15, 0.2) is 24.3 Å². The maximum atomic E-state index is 10.8. The van der Waals surface area contributed by atoms with Crippen molar-refractivity contribution in [1.82, 2.24) is 10.2 Å². The van der Waals surface area contributed by atoms with Gasteiger partial charge in [-0.15, -0.1) is 0 Å². The number of benzene rings is 1. The highest BCUT2D eigenvalue weighted by Crippen LogP contribution is 2.10. The molecule has 2 N–H and O–H groups in total. The number of carboxylic acid groups (broad SMARTS) is 1. The summed E-state index contributed by atoms with van der Waals surface area (Å²) in [7, 11) is 0. The fourth-order valence-electron chi connectivity index (χ4n) is 2.71. The molecule has 0 amide bonds. The summed E-state index contributed by atoms with van der Waals surface area (Å²) in [4.78, 5) is 13.3. The number of nitrogens with one attached hydrogen (secondary N) is 1. The number of hydrogen-bond acceptors (Lipinski definition) is 3. The highest BCUT2D eigenvalue weighted by Gasteiger charge is 2.09. The fraction of sp³-hybridized carbons (Fsp3) is 0.562. The number of aliphatic carboxylic acids is 1. The van der Waals surface area contributed by atoms with Crippen LogP contribution in [-0.4, -0.2) is 42.2 Å². The summed E-state index contributed by atoms with van der Waals surface area (Å²) in [6.45, 7) is 5.23. The minimum absolute atomic E-state index is 0.101. The zero-order valence-corrected chi connectivity index (χ0v) is 12.0. The number of likely N-dealkylation sites (tertiary alicyclic amines) is 1. The highest BCUT2D eigenvalue weighted by atomic mass is 16.4. The van der Waals surface area contributed by atoms with Gasteiger partial charge in [0.25, 0.3) is 0 Å². The molecule has 1 fully saturated rings. The van der Waals surface area contributed by atoms with Crippen molar-refractivity contribution in [3.8, 4) is 0 Å². The third kappa shape index (κ3) is 4.94. The van der Waals surface area contributed by atoms with Crippen LogP contribution in [0.5, 0.6) is 0 Å². The average molecular weight is 276 g/mol. The van der Waals surface area contributed by atoms with Crippen molar-refractivity contribution in [2.45, 2.75) is 32.2 Å². The third-order valence-electron chi connectivity index (χ3n) is 3.83. The summed E-state index contributed by atoms with van der Waals surface area (Å²) in [5.41, 5.74) is 2.00. The van der Waals surface area contributed by atoms with Crippen LogP contribution in [0.2, 0.25) is 0 Å². The second kappa shape index (κ2) is 8.02. The van der Waals surface area contributed by atoms with Crippen molar-refractivity contribution >= 4 is 5.97 Å². The monoisotopic (exact) mass is 276 g/mol.